The second-order valence-corrected chi connectivity index (χ2v) is 9.41. The first-order chi connectivity index (χ1) is 14.7. The number of ether oxygens (including phenoxy) is 1. The Hall–Kier alpha value is -2.26. The van der Waals surface area contributed by atoms with Crippen molar-refractivity contribution in [2.75, 3.05) is 60.3 Å². The van der Waals surface area contributed by atoms with Crippen LogP contribution in [0.4, 0.5) is 21.8 Å². The maximum atomic E-state index is 14.1. The van der Waals surface area contributed by atoms with Crippen LogP contribution in [0.3, 0.4) is 0 Å². The number of anilines is 3. The first kappa shape index (κ1) is 19.7. The van der Waals surface area contributed by atoms with Crippen LogP contribution in [0.25, 0.3) is 0 Å². The highest BCUT2D eigenvalue weighted by Crippen LogP contribution is 2.31. The van der Waals surface area contributed by atoms with Crippen molar-refractivity contribution in [1.82, 2.24) is 9.97 Å². The molecule has 2 fully saturated rings. The summed E-state index contributed by atoms with van der Waals surface area (Å²) in [7, 11) is -1.05. The molecule has 0 spiro atoms. The van der Waals surface area contributed by atoms with Gasteiger partial charge in [-0.15, -0.1) is 0 Å². The number of fused-ring (bicyclic) bond motifs is 1. The van der Waals surface area contributed by atoms with E-state index < -0.39 is 10.8 Å². The Labute approximate surface area is 178 Å². The van der Waals surface area contributed by atoms with E-state index in [1.54, 1.807) is 6.07 Å². The molecule has 9 heteroatoms. The summed E-state index contributed by atoms with van der Waals surface area (Å²) in [5, 5.41) is 3.52. The zero-order chi connectivity index (χ0) is 20.5. The largest absolute Gasteiger partial charge is 0.381 e. The van der Waals surface area contributed by atoms with Crippen molar-refractivity contribution in [3.8, 4) is 0 Å². The third-order valence-electron chi connectivity index (χ3n) is 5.99. The number of hydrogen-bond donors (Lipinski definition) is 1. The SMILES string of the molecule is O=S1CCc2nc(N3CCN(c4ccccc4F)CC3)nc(NC3CCOCC3)c21. The molecule has 1 aromatic carbocycles. The summed E-state index contributed by atoms with van der Waals surface area (Å²) >= 11 is 0. The molecular weight excluding hydrogens is 405 g/mol. The average molecular weight is 432 g/mol. The highest BCUT2D eigenvalue weighted by molar-refractivity contribution is 7.85. The molecule has 160 valence electrons. The molecule has 30 heavy (non-hydrogen) atoms. The maximum Gasteiger partial charge on any atom is 0.227 e. The predicted molar refractivity (Wildman–Crippen MR) is 115 cm³/mol. The number of para-hydroxylation sites is 1. The van der Waals surface area contributed by atoms with Gasteiger partial charge in [-0.2, -0.15) is 4.98 Å². The maximum absolute atomic E-state index is 14.1. The third kappa shape index (κ3) is 3.88. The molecule has 0 saturated carbocycles. The lowest BCUT2D eigenvalue weighted by molar-refractivity contribution is 0.0903. The van der Waals surface area contributed by atoms with E-state index in [4.69, 9.17) is 14.7 Å². The van der Waals surface area contributed by atoms with E-state index in [1.165, 1.54) is 6.07 Å². The first-order valence-electron chi connectivity index (χ1n) is 10.6. The van der Waals surface area contributed by atoms with Gasteiger partial charge in [0.15, 0.2) is 0 Å². The molecule has 1 atom stereocenters. The number of benzene rings is 1. The Morgan fingerprint density at radius 1 is 1.07 bits per heavy atom. The van der Waals surface area contributed by atoms with Gasteiger partial charge >= 0.3 is 0 Å². The van der Waals surface area contributed by atoms with Crippen LogP contribution in [0, 0.1) is 5.82 Å². The number of aromatic nitrogens is 2. The van der Waals surface area contributed by atoms with E-state index in [-0.39, 0.29) is 11.9 Å². The summed E-state index contributed by atoms with van der Waals surface area (Å²) in [6, 6.07) is 7.18. The van der Waals surface area contributed by atoms with E-state index in [1.807, 2.05) is 12.1 Å². The van der Waals surface area contributed by atoms with Crippen LogP contribution in [-0.4, -0.2) is 65.4 Å². The topological polar surface area (TPSA) is 70.6 Å². The summed E-state index contributed by atoms with van der Waals surface area (Å²) in [6.07, 6.45) is 2.55. The highest BCUT2D eigenvalue weighted by Gasteiger charge is 2.29. The van der Waals surface area contributed by atoms with Gasteiger partial charge in [-0.1, -0.05) is 12.1 Å². The normalized spacial score (nSPS) is 22.2. The van der Waals surface area contributed by atoms with Crippen LogP contribution in [0.2, 0.25) is 0 Å². The fourth-order valence-electron chi connectivity index (χ4n) is 4.31. The predicted octanol–water partition coefficient (Wildman–Crippen LogP) is 2.20. The number of aryl methyl sites for hydroxylation is 1. The number of nitrogens with one attached hydrogen (secondary N) is 1. The fourth-order valence-corrected chi connectivity index (χ4v) is 5.63. The van der Waals surface area contributed by atoms with Crippen molar-refractivity contribution >= 4 is 28.3 Å². The molecule has 2 aromatic rings. The average Bonchev–Trinajstić information content (AvgIpc) is 3.16. The zero-order valence-electron chi connectivity index (χ0n) is 16.8. The number of nitrogens with zero attached hydrogens (tertiary/aromatic N) is 4. The minimum absolute atomic E-state index is 0.190. The van der Waals surface area contributed by atoms with Crippen molar-refractivity contribution in [3.05, 3.63) is 35.8 Å². The van der Waals surface area contributed by atoms with Crippen molar-refractivity contribution in [2.45, 2.75) is 30.2 Å². The van der Waals surface area contributed by atoms with Gasteiger partial charge in [-0.3, -0.25) is 4.21 Å². The Morgan fingerprint density at radius 2 is 1.80 bits per heavy atom. The molecule has 5 rings (SSSR count). The van der Waals surface area contributed by atoms with Crippen LogP contribution in [0.15, 0.2) is 29.2 Å². The summed E-state index contributed by atoms with van der Waals surface area (Å²) in [5.74, 6) is 1.81. The zero-order valence-corrected chi connectivity index (χ0v) is 17.7. The third-order valence-corrected chi connectivity index (χ3v) is 7.45. The second-order valence-electron chi connectivity index (χ2n) is 7.90. The Bertz CT molecular complexity index is 945. The number of hydrogen-bond acceptors (Lipinski definition) is 7. The molecular formula is C21H26FN5O2S. The van der Waals surface area contributed by atoms with Crippen molar-refractivity contribution < 1.29 is 13.3 Å². The van der Waals surface area contributed by atoms with Crippen LogP contribution >= 0.6 is 0 Å². The Kier molecular flexibility index (Phi) is 5.56. The lowest BCUT2D eigenvalue weighted by atomic mass is 10.1. The summed E-state index contributed by atoms with van der Waals surface area (Å²) in [4.78, 5) is 14.6. The van der Waals surface area contributed by atoms with E-state index in [0.717, 1.165) is 43.1 Å². The molecule has 3 aliphatic rings. The van der Waals surface area contributed by atoms with Gasteiger partial charge in [0.1, 0.15) is 16.5 Å². The quantitative estimate of drug-likeness (QED) is 0.796. The van der Waals surface area contributed by atoms with Gasteiger partial charge in [0.25, 0.3) is 0 Å². The molecule has 0 amide bonds. The number of halogens is 1. The van der Waals surface area contributed by atoms with Gasteiger partial charge < -0.3 is 19.9 Å². The molecule has 1 N–H and O–H groups in total. The Balaban J connectivity index is 1.35. The number of rotatable bonds is 4. The second kappa shape index (κ2) is 8.47. The van der Waals surface area contributed by atoms with Gasteiger partial charge in [-0.05, 0) is 25.0 Å². The van der Waals surface area contributed by atoms with Gasteiger partial charge in [0.2, 0.25) is 5.95 Å². The monoisotopic (exact) mass is 431 g/mol. The minimum Gasteiger partial charge on any atom is -0.381 e. The van der Waals surface area contributed by atoms with Gasteiger partial charge in [0.05, 0.1) is 22.2 Å². The standard InChI is InChI=1S/C21H26FN5O2S/c22-16-3-1-2-4-18(16)26-8-10-27(11-9-26)21-24-17-7-14-30(28)19(17)20(25-21)23-15-5-12-29-13-6-15/h1-4,15H,5-14H2,(H,23,24,25). The molecule has 1 unspecified atom stereocenters. The highest BCUT2D eigenvalue weighted by atomic mass is 32.2. The van der Waals surface area contributed by atoms with E-state index >= 15 is 0 Å². The van der Waals surface area contributed by atoms with E-state index in [0.29, 0.717) is 49.4 Å². The lowest BCUT2D eigenvalue weighted by Crippen LogP contribution is -2.47. The summed E-state index contributed by atoms with van der Waals surface area (Å²) in [5.41, 5.74) is 1.54. The fraction of sp³-hybridized carbons (Fsp3) is 0.524. The smallest absolute Gasteiger partial charge is 0.227 e. The lowest BCUT2D eigenvalue weighted by Gasteiger charge is -2.36. The molecule has 2 saturated heterocycles. The first-order valence-corrected chi connectivity index (χ1v) is 11.9. The van der Waals surface area contributed by atoms with E-state index in [9.17, 15) is 8.60 Å². The van der Waals surface area contributed by atoms with Gasteiger partial charge in [-0.25, -0.2) is 9.37 Å². The van der Waals surface area contributed by atoms with Crippen LogP contribution < -0.4 is 15.1 Å². The van der Waals surface area contributed by atoms with Crippen molar-refractivity contribution in [3.63, 3.8) is 0 Å². The van der Waals surface area contributed by atoms with Crippen LogP contribution in [-0.2, 0) is 22.0 Å². The van der Waals surface area contributed by atoms with Crippen molar-refractivity contribution in [1.29, 1.82) is 0 Å². The molecule has 7 nitrogen and oxygen atoms in total. The summed E-state index contributed by atoms with van der Waals surface area (Å²) < 4.78 is 32.1. The van der Waals surface area contributed by atoms with Crippen LogP contribution in [0.5, 0.6) is 0 Å². The van der Waals surface area contributed by atoms with Gasteiger partial charge in [0, 0.05) is 57.6 Å². The van der Waals surface area contributed by atoms with Crippen LogP contribution in [0.1, 0.15) is 18.5 Å². The van der Waals surface area contributed by atoms with E-state index in [2.05, 4.69) is 15.1 Å². The molecule has 4 heterocycles. The molecule has 0 aliphatic carbocycles. The molecule has 1 aromatic heterocycles. The molecule has 0 radical (unpaired) electrons. The minimum atomic E-state index is -1.05. The summed E-state index contributed by atoms with van der Waals surface area (Å²) in [6.45, 7) is 4.31. The number of piperazine rings is 1. The molecule has 3 aliphatic heterocycles. The Morgan fingerprint density at radius 3 is 2.57 bits per heavy atom. The van der Waals surface area contributed by atoms with Crippen molar-refractivity contribution in [2.24, 2.45) is 0 Å². The molecule has 0 bridgehead atoms.